The number of amides is 1. The lowest BCUT2D eigenvalue weighted by Gasteiger charge is -2.13. The van der Waals surface area contributed by atoms with Crippen LogP contribution in [-0.2, 0) is 0 Å². The summed E-state index contributed by atoms with van der Waals surface area (Å²) < 4.78 is 12.9. The standard InChI is InChI=1S/C16H14FN7O/c17-11-3-1-10(2-4-11)16(25)24-23-15-13(18)14(20-9-21-15)22-12-5-7-19-8-6-12/h1-9H,18H2,(H,24,25)(H2,19,20,21,22,23). The van der Waals surface area contributed by atoms with Crippen LogP contribution in [0.5, 0.6) is 0 Å². The van der Waals surface area contributed by atoms with Gasteiger partial charge < -0.3 is 11.1 Å². The Hall–Kier alpha value is -3.75. The molecular formula is C16H14FN7O. The summed E-state index contributed by atoms with van der Waals surface area (Å²) in [5, 5.41) is 3.03. The Bertz CT molecular complexity index is 871. The van der Waals surface area contributed by atoms with Gasteiger partial charge in [-0.2, -0.15) is 0 Å². The zero-order valence-corrected chi connectivity index (χ0v) is 12.9. The van der Waals surface area contributed by atoms with E-state index >= 15 is 0 Å². The Morgan fingerprint density at radius 2 is 1.68 bits per heavy atom. The van der Waals surface area contributed by atoms with Crippen LogP contribution in [0.15, 0.2) is 55.1 Å². The van der Waals surface area contributed by atoms with Crippen LogP contribution in [0.4, 0.5) is 27.4 Å². The zero-order chi connectivity index (χ0) is 17.6. The Balaban J connectivity index is 1.69. The van der Waals surface area contributed by atoms with E-state index in [1.165, 1.54) is 30.6 Å². The molecule has 0 aliphatic rings. The average Bonchev–Trinajstić information content (AvgIpc) is 2.63. The lowest BCUT2D eigenvalue weighted by atomic mass is 10.2. The third kappa shape index (κ3) is 3.96. The number of hydrogen-bond donors (Lipinski definition) is 4. The van der Waals surface area contributed by atoms with E-state index in [1.54, 1.807) is 24.5 Å². The van der Waals surface area contributed by atoms with Gasteiger partial charge in [0.1, 0.15) is 17.8 Å². The van der Waals surface area contributed by atoms with Crippen LogP contribution in [-0.4, -0.2) is 20.9 Å². The van der Waals surface area contributed by atoms with Crippen LogP contribution in [0.1, 0.15) is 10.4 Å². The number of benzene rings is 1. The summed E-state index contributed by atoms with van der Waals surface area (Å²) in [6.45, 7) is 0. The molecule has 0 bridgehead atoms. The van der Waals surface area contributed by atoms with Crippen LogP contribution in [0.2, 0.25) is 0 Å². The number of hydrazine groups is 1. The van der Waals surface area contributed by atoms with Crippen LogP contribution in [0.3, 0.4) is 0 Å². The number of anilines is 4. The molecule has 0 saturated heterocycles. The topological polar surface area (TPSA) is 118 Å². The maximum atomic E-state index is 12.9. The first-order valence-electron chi connectivity index (χ1n) is 7.23. The Morgan fingerprint density at radius 1 is 1.00 bits per heavy atom. The summed E-state index contributed by atoms with van der Waals surface area (Å²) in [6.07, 6.45) is 4.55. The molecule has 126 valence electrons. The molecule has 3 aromatic rings. The minimum atomic E-state index is -0.457. The second-order valence-corrected chi connectivity index (χ2v) is 4.93. The van der Waals surface area contributed by atoms with Gasteiger partial charge in [0.2, 0.25) is 0 Å². The van der Waals surface area contributed by atoms with E-state index in [9.17, 15) is 9.18 Å². The molecule has 0 radical (unpaired) electrons. The first kappa shape index (κ1) is 16.1. The minimum Gasteiger partial charge on any atom is -0.393 e. The summed E-state index contributed by atoms with van der Waals surface area (Å²) in [5.74, 6) is -0.278. The second-order valence-electron chi connectivity index (χ2n) is 4.93. The van der Waals surface area contributed by atoms with Crippen LogP contribution >= 0.6 is 0 Å². The molecule has 5 N–H and O–H groups in total. The molecule has 0 aliphatic carbocycles. The van der Waals surface area contributed by atoms with Crippen molar-refractivity contribution in [2.75, 3.05) is 16.5 Å². The van der Waals surface area contributed by atoms with Crippen molar-refractivity contribution in [1.29, 1.82) is 0 Å². The molecule has 0 atom stereocenters. The van der Waals surface area contributed by atoms with Crippen molar-refractivity contribution >= 4 is 28.9 Å². The highest BCUT2D eigenvalue weighted by Gasteiger charge is 2.10. The number of nitrogens with one attached hydrogen (secondary N) is 3. The highest BCUT2D eigenvalue weighted by atomic mass is 19.1. The molecule has 9 heteroatoms. The van der Waals surface area contributed by atoms with Gasteiger partial charge >= 0.3 is 0 Å². The number of carbonyl (C=O) groups is 1. The van der Waals surface area contributed by atoms with E-state index in [2.05, 4.69) is 31.1 Å². The number of rotatable bonds is 5. The van der Waals surface area contributed by atoms with Gasteiger partial charge in [0.25, 0.3) is 5.91 Å². The summed E-state index contributed by atoms with van der Waals surface area (Å²) in [4.78, 5) is 24.0. The maximum absolute atomic E-state index is 12.9. The molecule has 3 rings (SSSR count). The predicted molar refractivity (Wildman–Crippen MR) is 91.5 cm³/mol. The van der Waals surface area contributed by atoms with Crippen molar-refractivity contribution in [2.24, 2.45) is 0 Å². The average molecular weight is 339 g/mol. The highest BCUT2D eigenvalue weighted by Crippen LogP contribution is 2.24. The molecule has 0 unspecified atom stereocenters. The first-order chi connectivity index (χ1) is 12.1. The van der Waals surface area contributed by atoms with Gasteiger partial charge in [-0.1, -0.05) is 0 Å². The Kier molecular flexibility index (Phi) is 4.65. The van der Waals surface area contributed by atoms with Crippen LogP contribution in [0.25, 0.3) is 0 Å². The summed E-state index contributed by atoms with van der Waals surface area (Å²) in [5.41, 5.74) is 12.3. The third-order valence-corrected chi connectivity index (χ3v) is 3.23. The van der Waals surface area contributed by atoms with Crippen LogP contribution < -0.4 is 21.9 Å². The number of nitrogen functional groups attached to an aromatic ring is 1. The zero-order valence-electron chi connectivity index (χ0n) is 12.9. The number of carbonyl (C=O) groups excluding carboxylic acids is 1. The smallest absolute Gasteiger partial charge is 0.269 e. The van der Waals surface area contributed by atoms with E-state index in [4.69, 9.17) is 5.73 Å². The maximum Gasteiger partial charge on any atom is 0.269 e. The molecular weight excluding hydrogens is 325 g/mol. The summed E-state index contributed by atoms with van der Waals surface area (Å²) >= 11 is 0. The first-order valence-corrected chi connectivity index (χ1v) is 7.23. The molecule has 2 aromatic heterocycles. The van der Waals surface area contributed by atoms with E-state index < -0.39 is 11.7 Å². The van der Waals surface area contributed by atoms with Crippen molar-refractivity contribution in [1.82, 2.24) is 20.4 Å². The Morgan fingerprint density at radius 3 is 2.40 bits per heavy atom. The van der Waals surface area contributed by atoms with Gasteiger partial charge in [-0.25, -0.2) is 14.4 Å². The van der Waals surface area contributed by atoms with Gasteiger partial charge in [0.05, 0.1) is 0 Å². The van der Waals surface area contributed by atoms with Gasteiger partial charge in [0.15, 0.2) is 11.6 Å². The SMILES string of the molecule is Nc1c(NNC(=O)c2ccc(F)cc2)ncnc1Nc1ccncc1. The molecule has 1 amide bonds. The number of nitrogens with zero attached hydrogens (tertiary/aromatic N) is 3. The van der Waals surface area contributed by atoms with E-state index in [0.717, 1.165) is 5.69 Å². The molecule has 25 heavy (non-hydrogen) atoms. The fraction of sp³-hybridized carbons (Fsp3) is 0. The molecule has 0 saturated carbocycles. The largest absolute Gasteiger partial charge is 0.393 e. The number of halogens is 1. The molecule has 0 aliphatic heterocycles. The van der Waals surface area contributed by atoms with Crippen molar-refractivity contribution in [3.8, 4) is 0 Å². The number of hydrogen-bond acceptors (Lipinski definition) is 7. The van der Waals surface area contributed by atoms with E-state index in [1.807, 2.05) is 0 Å². The summed E-state index contributed by atoms with van der Waals surface area (Å²) in [6, 6.07) is 8.64. The quantitative estimate of drug-likeness (QED) is 0.526. The van der Waals surface area contributed by atoms with E-state index in [-0.39, 0.29) is 17.1 Å². The van der Waals surface area contributed by atoms with Gasteiger partial charge in [0, 0.05) is 23.6 Å². The van der Waals surface area contributed by atoms with Crippen LogP contribution in [0, 0.1) is 5.82 Å². The normalized spacial score (nSPS) is 10.1. The van der Waals surface area contributed by atoms with Gasteiger partial charge in [-0.05, 0) is 36.4 Å². The van der Waals surface area contributed by atoms with E-state index in [0.29, 0.717) is 5.82 Å². The molecule has 8 nitrogen and oxygen atoms in total. The lowest BCUT2D eigenvalue weighted by molar-refractivity contribution is 0.0962. The van der Waals surface area contributed by atoms with Gasteiger partial charge in [-0.15, -0.1) is 0 Å². The summed E-state index contributed by atoms with van der Waals surface area (Å²) in [7, 11) is 0. The molecule has 0 spiro atoms. The number of nitrogens with two attached hydrogens (primary N) is 1. The molecule has 2 heterocycles. The fourth-order valence-electron chi connectivity index (χ4n) is 1.96. The van der Waals surface area contributed by atoms with Crippen molar-refractivity contribution in [3.63, 3.8) is 0 Å². The van der Waals surface area contributed by atoms with Crippen molar-refractivity contribution in [3.05, 3.63) is 66.5 Å². The predicted octanol–water partition coefficient (Wildman–Crippen LogP) is 2.09. The van der Waals surface area contributed by atoms with Gasteiger partial charge in [-0.3, -0.25) is 20.6 Å². The monoisotopic (exact) mass is 339 g/mol. The number of pyridine rings is 1. The molecule has 0 fully saturated rings. The molecule has 1 aromatic carbocycles. The highest BCUT2D eigenvalue weighted by molar-refractivity contribution is 5.95. The number of aromatic nitrogens is 3. The lowest BCUT2D eigenvalue weighted by Crippen LogP contribution is -2.30. The minimum absolute atomic E-state index is 0.221. The van der Waals surface area contributed by atoms with Crippen molar-refractivity contribution < 1.29 is 9.18 Å². The third-order valence-electron chi connectivity index (χ3n) is 3.23. The second kappa shape index (κ2) is 7.21. The Labute approximate surface area is 142 Å². The fourth-order valence-corrected chi connectivity index (χ4v) is 1.96. The van der Waals surface area contributed by atoms with Crippen molar-refractivity contribution in [2.45, 2.75) is 0 Å².